The molecule has 170 valence electrons. The highest BCUT2D eigenvalue weighted by molar-refractivity contribution is 8.13. The van der Waals surface area contributed by atoms with Crippen LogP contribution >= 0.6 is 23.5 Å². The number of hydrogen-bond acceptors (Lipinski definition) is 8. The first-order chi connectivity index (χ1) is 16.3. The van der Waals surface area contributed by atoms with Crippen LogP contribution in [0.3, 0.4) is 0 Å². The summed E-state index contributed by atoms with van der Waals surface area (Å²) < 4.78 is 0. The van der Waals surface area contributed by atoms with Gasteiger partial charge in [0.25, 0.3) is 0 Å². The van der Waals surface area contributed by atoms with Gasteiger partial charge in [0.1, 0.15) is 11.5 Å². The van der Waals surface area contributed by atoms with Gasteiger partial charge < -0.3 is 10.2 Å². The zero-order valence-corrected chi connectivity index (χ0v) is 20.1. The lowest BCUT2D eigenvalue weighted by Crippen LogP contribution is -2.01. The normalized spacial score (nSPS) is 10.4. The molecule has 3 rings (SSSR count). The Hall–Kier alpha value is -3.72. The standard InChI is InChI=1S/C26H20N2O4S2/c1-5-17-11-27-15(3)23(29)21(17)13-33-25(31)19-8-7-9-20(10-19)26(32)34-14-22-18(6-2)12-28-16(4)24(22)30/h1-2,7-12,29-30H,13-14H2,3-4H3. The van der Waals surface area contributed by atoms with E-state index in [0.717, 1.165) is 23.5 Å². The summed E-state index contributed by atoms with van der Waals surface area (Å²) in [5.41, 5.74) is 3.31. The maximum atomic E-state index is 12.8. The van der Waals surface area contributed by atoms with Crippen molar-refractivity contribution in [2.24, 2.45) is 0 Å². The summed E-state index contributed by atoms with van der Waals surface area (Å²) in [6.07, 6.45) is 13.9. The number of carbonyl (C=O) groups is 2. The number of aryl methyl sites for hydroxylation is 2. The molecule has 6 nitrogen and oxygen atoms in total. The summed E-state index contributed by atoms with van der Waals surface area (Å²) in [5.74, 6) is 5.20. The number of pyridine rings is 2. The van der Waals surface area contributed by atoms with Crippen LogP contribution in [0.25, 0.3) is 0 Å². The molecule has 0 aliphatic carbocycles. The lowest BCUT2D eigenvalue weighted by atomic mass is 10.1. The summed E-state index contributed by atoms with van der Waals surface area (Å²) in [6, 6.07) is 6.38. The maximum Gasteiger partial charge on any atom is 0.219 e. The number of carbonyl (C=O) groups excluding carboxylic acids is 2. The summed E-state index contributed by atoms with van der Waals surface area (Å²) in [4.78, 5) is 33.6. The van der Waals surface area contributed by atoms with Crippen LogP contribution in [0.15, 0.2) is 36.7 Å². The number of aromatic nitrogens is 2. The Labute approximate surface area is 206 Å². The molecule has 0 unspecified atom stereocenters. The van der Waals surface area contributed by atoms with Crippen LogP contribution in [0, 0.1) is 38.5 Å². The molecule has 2 aromatic heterocycles. The number of aromatic hydroxyl groups is 2. The van der Waals surface area contributed by atoms with Gasteiger partial charge in [-0.1, -0.05) is 53.6 Å². The van der Waals surface area contributed by atoms with E-state index in [1.807, 2.05) is 0 Å². The predicted octanol–water partition coefficient (Wildman–Crippen LogP) is 4.61. The van der Waals surface area contributed by atoms with Gasteiger partial charge in [-0.2, -0.15) is 0 Å². The molecule has 0 saturated heterocycles. The van der Waals surface area contributed by atoms with Gasteiger partial charge in [0.15, 0.2) is 0 Å². The number of benzene rings is 1. The third-order valence-corrected chi connectivity index (χ3v) is 6.88. The average Bonchev–Trinajstić information content (AvgIpc) is 2.85. The van der Waals surface area contributed by atoms with Crippen LogP contribution in [0.4, 0.5) is 0 Å². The van der Waals surface area contributed by atoms with E-state index in [-0.39, 0.29) is 33.2 Å². The van der Waals surface area contributed by atoms with Crippen molar-refractivity contribution < 1.29 is 19.8 Å². The van der Waals surface area contributed by atoms with Gasteiger partial charge in [0, 0.05) is 46.2 Å². The molecular weight excluding hydrogens is 468 g/mol. The minimum Gasteiger partial charge on any atom is -0.506 e. The Morgan fingerprint density at radius 3 is 1.65 bits per heavy atom. The van der Waals surface area contributed by atoms with Crippen molar-refractivity contribution in [2.75, 3.05) is 0 Å². The lowest BCUT2D eigenvalue weighted by Gasteiger charge is -2.10. The van der Waals surface area contributed by atoms with Crippen LogP contribution in [-0.2, 0) is 11.5 Å². The number of rotatable bonds is 6. The molecule has 0 fully saturated rings. The number of terminal acetylenes is 2. The van der Waals surface area contributed by atoms with E-state index in [1.54, 1.807) is 32.0 Å². The van der Waals surface area contributed by atoms with Crippen molar-refractivity contribution >= 4 is 33.8 Å². The molecule has 8 heteroatoms. The van der Waals surface area contributed by atoms with E-state index in [0.29, 0.717) is 44.8 Å². The van der Waals surface area contributed by atoms with E-state index in [2.05, 4.69) is 21.8 Å². The smallest absolute Gasteiger partial charge is 0.219 e. The van der Waals surface area contributed by atoms with Gasteiger partial charge in [0.05, 0.1) is 22.5 Å². The van der Waals surface area contributed by atoms with E-state index in [9.17, 15) is 19.8 Å². The summed E-state index contributed by atoms with van der Waals surface area (Å²) in [7, 11) is 0. The molecule has 0 aliphatic rings. The average molecular weight is 489 g/mol. The van der Waals surface area contributed by atoms with Gasteiger partial charge in [-0.25, -0.2) is 0 Å². The number of nitrogens with zero attached hydrogens (tertiary/aromatic N) is 2. The second-order valence-corrected chi connectivity index (χ2v) is 9.09. The Morgan fingerprint density at radius 1 is 0.853 bits per heavy atom. The zero-order chi connectivity index (χ0) is 24.8. The molecule has 2 N–H and O–H groups in total. The molecule has 0 saturated carbocycles. The fraction of sp³-hybridized carbons (Fsp3) is 0.154. The third-order valence-electron chi connectivity index (χ3n) is 5.02. The van der Waals surface area contributed by atoms with Crippen molar-refractivity contribution in [2.45, 2.75) is 25.4 Å². The molecule has 0 amide bonds. The lowest BCUT2D eigenvalue weighted by molar-refractivity contribution is 0.108. The second kappa shape index (κ2) is 10.9. The van der Waals surface area contributed by atoms with Crippen molar-refractivity contribution in [3.63, 3.8) is 0 Å². The first-order valence-electron chi connectivity index (χ1n) is 9.99. The van der Waals surface area contributed by atoms with Crippen molar-refractivity contribution in [1.29, 1.82) is 0 Å². The van der Waals surface area contributed by atoms with E-state index in [1.165, 1.54) is 18.5 Å². The Morgan fingerprint density at radius 2 is 1.26 bits per heavy atom. The van der Waals surface area contributed by atoms with E-state index < -0.39 is 0 Å². The van der Waals surface area contributed by atoms with E-state index in [4.69, 9.17) is 12.8 Å². The van der Waals surface area contributed by atoms with Crippen LogP contribution in [0.1, 0.15) is 54.4 Å². The summed E-state index contributed by atoms with van der Waals surface area (Å²) in [6.45, 7) is 3.30. The highest BCUT2D eigenvalue weighted by atomic mass is 32.2. The third kappa shape index (κ3) is 5.43. The Bertz CT molecular complexity index is 1270. The molecule has 0 bridgehead atoms. The van der Waals surface area contributed by atoms with Crippen LogP contribution in [0.5, 0.6) is 11.5 Å². The van der Waals surface area contributed by atoms with Gasteiger partial charge in [-0.05, 0) is 19.9 Å². The molecule has 0 atom stereocenters. The topological polar surface area (TPSA) is 100 Å². The van der Waals surface area contributed by atoms with Crippen LogP contribution < -0.4 is 0 Å². The molecule has 0 aliphatic heterocycles. The van der Waals surface area contributed by atoms with Crippen molar-refractivity contribution in [1.82, 2.24) is 9.97 Å². The van der Waals surface area contributed by atoms with Gasteiger partial charge >= 0.3 is 0 Å². The van der Waals surface area contributed by atoms with E-state index >= 15 is 0 Å². The van der Waals surface area contributed by atoms with Crippen LogP contribution in [-0.4, -0.2) is 30.4 Å². The van der Waals surface area contributed by atoms with Crippen molar-refractivity contribution in [3.8, 4) is 36.2 Å². The SMILES string of the molecule is C#Cc1cnc(C)c(O)c1CSC(=O)c1cccc(C(=O)SCc2c(C#C)cnc(C)c2O)c1. The van der Waals surface area contributed by atoms with Gasteiger partial charge in [-0.15, -0.1) is 12.8 Å². The first-order valence-corrected chi connectivity index (χ1v) is 12.0. The fourth-order valence-electron chi connectivity index (χ4n) is 3.05. The predicted molar refractivity (Wildman–Crippen MR) is 135 cm³/mol. The minimum atomic E-state index is -0.270. The monoisotopic (exact) mass is 488 g/mol. The largest absolute Gasteiger partial charge is 0.506 e. The molecule has 2 heterocycles. The quantitative estimate of drug-likeness (QED) is 0.485. The minimum absolute atomic E-state index is 0.0305. The molecule has 0 spiro atoms. The second-order valence-electron chi connectivity index (χ2n) is 7.19. The highest BCUT2D eigenvalue weighted by Crippen LogP contribution is 2.31. The van der Waals surface area contributed by atoms with Crippen LogP contribution in [0.2, 0.25) is 0 Å². The molecule has 3 aromatic rings. The Kier molecular flexibility index (Phi) is 8.01. The van der Waals surface area contributed by atoms with Gasteiger partial charge in [0.2, 0.25) is 10.2 Å². The zero-order valence-electron chi connectivity index (χ0n) is 18.5. The number of hydrogen-bond donors (Lipinski definition) is 2. The molecule has 34 heavy (non-hydrogen) atoms. The Balaban J connectivity index is 1.72. The first kappa shape index (κ1) is 24.9. The molecule has 1 aromatic carbocycles. The molecule has 0 radical (unpaired) electrons. The van der Waals surface area contributed by atoms with Crippen molar-refractivity contribution in [3.05, 3.63) is 81.4 Å². The fourth-order valence-corrected chi connectivity index (χ4v) is 4.77. The highest BCUT2D eigenvalue weighted by Gasteiger charge is 2.17. The summed E-state index contributed by atoms with van der Waals surface area (Å²) in [5, 5.41) is 20.0. The maximum absolute atomic E-state index is 12.8. The number of thioether (sulfide) groups is 2. The van der Waals surface area contributed by atoms with Gasteiger partial charge in [-0.3, -0.25) is 19.6 Å². The molecular formula is C26H20N2O4S2. The summed E-state index contributed by atoms with van der Waals surface area (Å²) >= 11 is 1.94.